The molecule has 2 aliphatic rings. The number of rotatable bonds is 11. The van der Waals surface area contributed by atoms with E-state index >= 15 is 0 Å². The monoisotopic (exact) mass is 550 g/mol. The van der Waals surface area contributed by atoms with Crippen molar-refractivity contribution in [3.8, 4) is 11.5 Å². The molecule has 8 nitrogen and oxygen atoms in total. The molecule has 1 N–H and O–H groups in total. The van der Waals surface area contributed by atoms with E-state index < -0.39 is 0 Å². The molecule has 0 amide bonds. The van der Waals surface area contributed by atoms with E-state index in [-0.39, 0.29) is 0 Å². The van der Waals surface area contributed by atoms with E-state index in [1.54, 1.807) is 7.11 Å². The summed E-state index contributed by atoms with van der Waals surface area (Å²) in [6.07, 6.45) is 5.27. The molecule has 210 valence electrons. The molecular formula is C30H42N6O2S. The summed E-state index contributed by atoms with van der Waals surface area (Å²) in [4.78, 5) is 17.3. The molecule has 0 unspecified atom stereocenters. The summed E-state index contributed by atoms with van der Waals surface area (Å²) < 4.78 is 11.9. The average molecular weight is 551 g/mol. The van der Waals surface area contributed by atoms with Crippen LogP contribution in [0.3, 0.4) is 0 Å². The van der Waals surface area contributed by atoms with Crippen molar-refractivity contribution >= 4 is 34.4 Å². The quantitative estimate of drug-likeness (QED) is 0.345. The molecule has 0 radical (unpaired) electrons. The second kappa shape index (κ2) is 13.5. The number of piperidine rings is 1. The number of hydrogen-bond acceptors (Lipinski definition) is 9. The second-order valence-electron chi connectivity index (χ2n) is 10.6. The molecule has 0 atom stereocenters. The van der Waals surface area contributed by atoms with Crippen molar-refractivity contribution in [1.29, 1.82) is 0 Å². The fraction of sp³-hybridized carbons (Fsp3) is 0.533. The summed E-state index contributed by atoms with van der Waals surface area (Å²) in [5.41, 5.74) is 2.27. The molecule has 3 heterocycles. The molecule has 0 spiro atoms. The van der Waals surface area contributed by atoms with Crippen LogP contribution in [0.4, 0.5) is 11.8 Å². The number of hydrogen-bond donors (Lipinski definition) is 1. The lowest BCUT2D eigenvalue weighted by Crippen LogP contribution is -2.45. The Kier molecular flexibility index (Phi) is 9.66. The van der Waals surface area contributed by atoms with E-state index in [0.717, 1.165) is 105 Å². The topological polar surface area (TPSA) is 66.0 Å². The Balaban J connectivity index is 1.37. The Morgan fingerprint density at radius 2 is 1.74 bits per heavy atom. The predicted octanol–water partition coefficient (Wildman–Crippen LogP) is 4.60. The van der Waals surface area contributed by atoms with Gasteiger partial charge in [-0.3, -0.25) is 4.90 Å². The van der Waals surface area contributed by atoms with E-state index in [9.17, 15) is 0 Å². The van der Waals surface area contributed by atoms with Gasteiger partial charge in [-0.25, -0.2) is 4.98 Å². The van der Waals surface area contributed by atoms with Gasteiger partial charge in [-0.15, -0.1) is 0 Å². The van der Waals surface area contributed by atoms with Crippen LogP contribution in [0.1, 0.15) is 24.8 Å². The number of anilines is 2. The number of nitrogens with zero attached hydrogens (tertiary/aromatic N) is 5. The van der Waals surface area contributed by atoms with Gasteiger partial charge in [0.05, 0.1) is 19.2 Å². The fourth-order valence-electron chi connectivity index (χ4n) is 5.31. The van der Waals surface area contributed by atoms with Crippen molar-refractivity contribution in [3.63, 3.8) is 0 Å². The number of thioether (sulfide) groups is 1. The zero-order valence-electron chi connectivity index (χ0n) is 23.6. The van der Waals surface area contributed by atoms with Gasteiger partial charge in [-0.2, -0.15) is 16.7 Å². The lowest BCUT2D eigenvalue weighted by molar-refractivity contribution is 0.211. The van der Waals surface area contributed by atoms with Gasteiger partial charge in [-0.05, 0) is 49.9 Å². The number of likely N-dealkylation sites (tertiary alicyclic amines) is 1. The molecule has 1 aromatic heterocycles. The maximum absolute atomic E-state index is 6.14. The largest absolute Gasteiger partial charge is 0.493 e. The number of piperazine rings is 1. The van der Waals surface area contributed by atoms with Crippen LogP contribution in [0, 0.1) is 0 Å². The van der Waals surface area contributed by atoms with Gasteiger partial charge >= 0.3 is 0 Å². The maximum Gasteiger partial charge on any atom is 0.227 e. The van der Waals surface area contributed by atoms with Gasteiger partial charge < -0.3 is 24.6 Å². The summed E-state index contributed by atoms with van der Waals surface area (Å²) in [6.45, 7) is 7.67. The minimum Gasteiger partial charge on any atom is -0.493 e. The summed E-state index contributed by atoms with van der Waals surface area (Å²) >= 11 is 1.83. The van der Waals surface area contributed by atoms with Crippen LogP contribution >= 0.6 is 11.8 Å². The van der Waals surface area contributed by atoms with Crippen LogP contribution in [-0.2, 0) is 6.54 Å². The van der Waals surface area contributed by atoms with E-state index in [1.807, 2.05) is 23.9 Å². The molecule has 0 bridgehead atoms. The Morgan fingerprint density at radius 3 is 2.46 bits per heavy atom. The number of aromatic nitrogens is 2. The summed E-state index contributed by atoms with van der Waals surface area (Å²) in [6, 6.07) is 15.2. The standard InChI is InChI=1S/C30H42N6O2S/c1-34-14-16-36(17-15-34)30-32-26-21-28(38-18-7-19-39-3)27(37-2)20-25(26)29(33-30)31-24-10-12-35(13-11-24)22-23-8-5-4-6-9-23/h4-6,8-9,20-21,24H,7,10-19,22H2,1-3H3,(H,31,32,33). The average Bonchev–Trinajstić information content (AvgIpc) is 2.97. The van der Waals surface area contributed by atoms with E-state index in [2.05, 4.69) is 63.7 Å². The Labute approximate surface area is 237 Å². The van der Waals surface area contributed by atoms with Gasteiger partial charge in [0.2, 0.25) is 5.95 Å². The number of benzene rings is 2. The highest BCUT2D eigenvalue weighted by Crippen LogP contribution is 2.36. The molecule has 5 rings (SSSR count). The molecule has 0 saturated carbocycles. The van der Waals surface area contributed by atoms with Crippen molar-refractivity contribution in [1.82, 2.24) is 19.8 Å². The number of fused-ring (bicyclic) bond motifs is 1. The summed E-state index contributed by atoms with van der Waals surface area (Å²) in [5.74, 6) is 4.22. The van der Waals surface area contributed by atoms with Gasteiger partial charge in [0.25, 0.3) is 0 Å². The Morgan fingerprint density at radius 1 is 0.974 bits per heavy atom. The number of methoxy groups -OCH3 is 1. The molecule has 3 aromatic rings. The lowest BCUT2D eigenvalue weighted by Gasteiger charge is -2.34. The first-order chi connectivity index (χ1) is 19.1. The summed E-state index contributed by atoms with van der Waals surface area (Å²) in [7, 11) is 3.87. The zero-order valence-corrected chi connectivity index (χ0v) is 24.4. The SMILES string of the molecule is COc1cc2c(NC3CCN(Cc4ccccc4)CC3)nc(N3CCN(C)CC3)nc2cc1OCCCSC. The minimum atomic E-state index is 0.365. The number of ether oxygens (including phenoxy) is 2. The Hall–Kier alpha value is -2.75. The van der Waals surface area contributed by atoms with Crippen molar-refractivity contribution in [2.45, 2.75) is 31.8 Å². The first-order valence-electron chi connectivity index (χ1n) is 14.1. The smallest absolute Gasteiger partial charge is 0.227 e. The third kappa shape index (κ3) is 7.26. The first kappa shape index (κ1) is 27.8. The van der Waals surface area contributed by atoms with Crippen LogP contribution in [0.25, 0.3) is 10.9 Å². The lowest BCUT2D eigenvalue weighted by atomic mass is 10.0. The van der Waals surface area contributed by atoms with Gasteiger partial charge in [0.1, 0.15) is 5.82 Å². The molecule has 39 heavy (non-hydrogen) atoms. The van der Waals surface area contributed by atoms with Crippen LogP contribution in [0.2, 0.25) is 0 Å². The molecule has 2 aromatic carbocycles. The zero-order chi connectivity index (χ0) is 27.0. The highest BCUT2D eigenvalue weighted by atomic mass is 32.2. The molecule has 2 aliphatic heterocycles. The first-order valence-corrected chi connectivity index (χ1v) is 15.5. The predicted molar refractivity (Wildman–Crippen MR) is 163 cm³/mol. The van der Waals surface area contributed by atoms with E-state index in [0.29, 0.717) is 12.6 Å². The highest BCUT2D eigenvalue weighted by Gasteiger charge is 2.24. The Bertz CT molecular complexity index is 1200. The van der Waals surface area contributed by atoms with Crippen molar-refractivity contribution < 1.29 is 9.47 Å². The van der Waals surface area contributed by atoms with Crippen molar-refractivity contribution in [3.05, 3.63) is 48.0 Å². The highest BCUT2D eigenvalue weighted by molar-refractivity contribution is 7.98. The van der Waals surface area contributed by atoms with Gasteiger partial charge in [0.15, 0.2) is 11.5 Å². The second-order valence-corrected chi connectivity index (χ2v) is 11.5. The molecule has 0 aliphatic carbocycles. The normalized spacial score (nSPS) is 17.5. The van der Waals surface area contributed by atoms with E-state index in [4.69, 9.17) is 19.4 Å². The number of likely N-dealkylation sites (N-methyl/N-ethyl adjacent to an activating group) is 1. The fourth-order valence-corrected chi connectivity index (χ4v) is 5.72. The van der Waals surface area contributed by atoms with Crippen LogP contribution in [-0.4, -0.2) is 97.9 Å². The third-order valence-electron chi connectivity index (χ3n) is 7.68. The van der Waals surface area contributed by atoms with Gasteiger partial charge in [0, 0.05) is 63.3 Å². The third-order valence-corrected chi connectivity index (χ3v) is 8.38. The van der Waals surface area contributed by atoms with Crippen molar-refractivity contribution in [2.24, 2.45) is 0 Å². The van der Waals surface area contributed by atoms with Crippen LogP contribution in [0.15, 0.2) is 42.5 Å². The molecule has 9 heteroatoms. The minimum absolute atomic E-state index is 0.365. The van der Waals surface area contributed by atoms with Crippen molar-refractivity contribution in [2.75, 3.05) is 82.3 Å². The van der Waals surface area contributed by atoms with E-state index in [1.165, 1.54) is 5.56 Å². The van der Waals surface area contributed by atoms with Crippen LogP contribution in [0.5, 0.6) is 11.5 Å². The molecule has 2 saturated heterocycles. The molecule has 2 fully saturated rings. The molecular weight excluding hydrogens is 508 g/mol. The number of nitrogens with one attached hydrogen (secondary N) is 1. The van der Waals surface area contributed by atoms with Crippen LogP contribution < -0.4 is 19.7 Å². The maximum atomic E-state index is 6.14. The van der Waals surface area contributed by atoms with Gasteiger partial charge in [-0.1, -0.05) is 30.3 Å². The summed E-state index contributed by atoms with van der Waals surface area (Å²) in [5, 5.41) is 4.79.